The molecule has 0 saturated carbocycles. The lowest BCUT2D eigenvalue weighted by Crippen LogP contribution is -1.99. The molecule has 0 fully saturated rings. The molecule has 2 aromatic heterocycles. The molecule has 18 heavy (non-hydrogen) atoms. The number of nitrogens with one attached hydrogen (secondary N) is 1. The highest BCUT2D eigenvalue weighted by Crippen LogP contribution is 2.20. The lowest BCUT2D eigenvalue weighted by molar-refractivity contribution is 0.641. The van der Waals surface area contributed by atoms with E-state index in [0.29, 0.717) is 11.3 Å². The van der Waals surface area contributed by atoms with Crippen molar-refractivity contribution in [1.82, 2.24) is 25.0 Å². The number of rotatable bonds is 3. The van der Waals surface area contributed by atoms with E-state index in [-0.39, 0.29) is 0 Å². The number of benzene rings is 1. The maximum Gasteiger partial charge on any atom is 0.183 e. The van der Waals surface area contributed by atoms with Crippen LogP contribution in [0.25, 0.3) is 11.2 Å². The summed E-state index contributed by atoms with van der Waals surface area (Å²) in [6, 6.07) is 9.83. The second-order valence-electron chi connectivity index (χ2n) is 3.79. The van der Waals surface area contributed by atoms with E-state index in [2.05, 4.69) is 25.6 Å². The molecule has 6 nitrogen and oxygen atoms in total. The molecule has 1 aromatic carbocycles. The zero-order chi connectivity index (χ0) is 12.4. The van der Waals surface area contributed by atoms with Crippen molar-refractivity contribution in [1.29, 1.82) is 0 Å². The first-order chi connectivity index (χ1) is 8.88. The van der Waals surface area contributed by atoms with Crippen LogP contribution in [0.2, 0.25) is 0 Å². The number of aromatic nitrogens is 5. The summed E-state index contributed by atoms with van der Waals surface area (Å²) in [5.41, 5.74) is 2.39. The Morgan fingerprint density at radius 1 is 1.17 bits per heavy atom. The first kappa shape index (κ1) is 10.6. The molecule has 90 valence electrons. The average molecular weight is 240 g/mol. The molecular weight excluding hydrogens is 228 g/mol. The van der Waals surface area contributed by atoms with Gasteiger partial charge in [-0.2, -0.15) is 0 Å². The minimum absolute atomic E-state index is 0.672. The van der Waals surface area contributed by atoms with Gasteiger partial charge < -0.3 is 5.32 Å². The van der Waals surface area contributed by atoms with Gasteiger partial charge in [-0.15, -0.1) is 5.10 Å². The van der Waals surface area contributed by atoms with Gasteiger partial charge in [-0.3, -0.25) is 0 Å². The lowest BCUT2D eigenvalue weighted by Gasteiger charge is -2.04. The topological polar surface area (TPSA) is 68.5 Å². The molecule has 0 amide bonds. The smallest absolute Gasteiger partial charge is 0.183 e. The van der Waals surface area contributed by atoms with Gasteiger partial charge in [0.05, 0.1) is 0 Å². The molecule has 0 atom stereocenters. The van der Waals surface area contributed by atoms with Gasteiger partial charge in [0.15, 0.2) is 17.0 Å². The number of aryl methyl sites for hydroxylation is 1. The summed E-state index contributed by atoms with van der Waals surface area (Å²) in [5, 5.41) is 11.4. The highest BCUT2D eigenvalue weighted by atomic mass is 15.4. The number of para-hydroxylation sites is 1. The molecule has 0 bridgehead atoms. The molecule has 0 aliphatic carbocycles. The van der Waals surface area contributed by atoms with E-state index in [9.17, 15) is 0 Å². The van der Waals surface area contributed by atoms with Crippen LogP contribution in [0.5, 0.6) is 0 Å². The fourth-order valence-electron chi connectivity index (χ4n) is 1.75. The molecular formula is C12H12N6. The van der Waals surface area contributed by atoms with Gasteiger partial charge in [-0.25, -0.2) is 14.6 Å². The second-order valence-corrected chi connectivity index (χ2v) is 3.79. The van der Waals surface area contributed by atoms with Crippen LogP contribution in [0, 0.1) is 0 Å². The van der Waals surface area contributed by atoms with Gasteiger partial charge in [0, 0.05) is 12.2 Å². The number of hydrogen-bond acceptors (Lipinski definition) is 5. The minimum atomic E-state index is 0.672. The van der Waals surface area contributed by atoms with Gasteiger partial charge >= 0.3 is 0 Å². The van der Waals surface area contributed by atoms with E-state index >= 15 is 0 Å². The molecule has 0 spiro atoms. The predicted octanol–water partition coefficient (Wildman–Crippen LogP) is 1.98. The monoisotopic (exact) mass is 240 g/mol. The van der Waals surface area contributed by atoms with Crippen LogP contribution in [0.1, 0.15) is 6.92 Å². The van der Waals surface area contributed by atoms with E-state index in [4.69, 9.17) is 0 Å². The standard InChI is InChI=1S/C12H12N6/c1-2-18-12-10(16-17-18)11(13-8-14-12)15-9-6-4-3-5-7-9/h3-8H,2H2,1H3,(H,13,14,15). The summed E-state index contributed by atoms with van der Waals surface area (Å²) in [4.78, 5) is 8.41. The summed E-state index contributed by atoms with van der Waals surface area (Å²) in [6.45, 7) is 2.73. The Kier molecular flexibility index (Phi) is 2.60. The van der Waals surface area contributed by atoms with E-state index in [1.54, 1.807) is 4.68 Å². The molecule has 3 rings (SSSR count). The Morgan fingerprint density at radius 3 is 2.78 bits per heavy atom. The van der Waals surface area contributed by atoms with Crippen molar-refractivity contribution in [2.24, 2.45) is 0 Å². The van der Waals surface area contributed by atoms with Gasteiger partial charge in [-0.1, -0.05) is 23.4 Å². The van der Waals surface area contributed by atoms with E-state index in [0.717, 1.165) is 17.9 Å². The van der Waals surface area contributed by atoms with Crippen molar-refractivity contribution in [3.8, 4) is 0 Å². The summed E-state index contributed by atoms with van der Waals surface area (Å²) in [7, 11) is 0. The number of nitrogens with zero attached hydrogens (tertiary/aromatic N) is 5. The molecule has 0 unspecified atom stereocenters. The lowest BCUT2D eigenvalue weighted by atomic mass is 10.3. The van der Waals surface area contributed by atoms with Crippen molar-refractivity contribution >= 4 is 22.7 Å². The molecule has 2 heterocycles. The number of anilines is 2. The van der Waals surface area contributed by atoms with Gasteiger partial charge in [0.1, 0.15) is 6.33 Å². The highest BCUT2D eigenvalue weighted by Gasteiger charge is 2.10. The third kappa shape index (κ3) is 1.77. The highest BCUT2D eigenvalue weighted by molar-refractivity contribution is 5.84. The van der Waals surface area contributed by atoms with Crippen LogP contribution in [-0.4, -0.2) is 25.0 Å². The summed E-state index contributed by atoms with van der Waals surface area (Å²) >= 11 is 0. The molecule has 0 aliphatic rings. The zero-order valence-electron chi connectivity index (χ0n) is 9.91. The normalized spacial score (nSPS) is 10.7. The number of hydrogen-bond donors (Lipinski definition) is 1. The van der Waals surface area contributed by atoms with Crippen molar-refractivity contribution < 1.29 is 0 Å². The fraction of sp³-hybridized carbons (Fsp3) is 0.167. The Hall–Kier alpha value is -2.50. The van der Waals surface area contributed by atoms with Crippen molar-refractivity contribution in [3.63, 3.8) is 0 Å². The third-order valence-electron chi connectivity index (χ3n) is 2.64. The quantitative estimate of drug-likeness (QED) is 0.758. The van der Waals surface area contributed by atoms with Crippen LogP contribution >= 0.6 is 0 Å². The SMILES string of the molecule is CCn1nnc2c(Nc3ccccc3)ncnc21. The first-order valence-electron chi connectivity index (χ1n) is 5.74. The van der Waals surface area contributed by atoms with Crippen molar-refractivity contribution in [2.45, 2.75) is 13.5 Å². The van der Waals surface area contributed by atoms with Crippen LogP contribution in [0.4, 0.5) is 11.5 Å². The van der Waals surface area contributed by atoms with Crippen LogP contribution in [-0.2, 0) is 6.54 Å². The van der Waals surface area contributed by atoms with E-state index in [1.807, 2.05) is 37.3 Å². The predicted molar refractivity (Wildman–Crippen MR) is 68.5 cm³/mol. The third-order valence-corrected chi connectivity index (χ3v) is 2.64. The average Bonchev–Trinajstić information content (AvgIpc) is 2.84. The van der Waals surface area contributed by atoms with Gasteiger partial charge in [0.2, 0.25) is 0 Å². The Balaban J connectivity index is 2.05. The van der Waals surface area contributed by atoms with Gasteiger partial charge in [-0.05, 0) is 19.1 Å². The largest absolute Gasteiger partial charge is 0.338 e. The minimum Gasteiger partial charge on any atom is -0.338 e. The zero-order valence-corrected chi connectivity index (χ0v) is 9.91. The van der Waals surface area contributed by atoms with Crippen LogP contribution < -0.4 is 5.32 Å². The Bertz CT molecular complexity index is 661. The summed E-state index contributed by atoms with van der Waals surface area (Å²) in [6.07, 6.45) is 1.52. The molecule has 1 N–H and O–H groups in total. The molecule has 0 radical (unpaired) electrons. The molecule has 6 heteroatoms. The van der Waals surface area contributed by atoms with Crippen molar-refractivity contribution in [3.05, 3.63) is 36.7 Å². The fourth-order valence-corrected chi connectivity index (χ4v) is 1.75. The maximum atomic E-state index is 4.21. The molecule has 3 aromatic rings. The number of fused-ring (bicyclic) bond motifs is 1. The molecule has 0 saturated heterocycles. The second kappa shape index (κ2) is 4.40. The summed E-state index contributed by atoms with van der Waals surface area (Å²) < 4.78 is 1.74. The maximum absolute atomic E-state index is 4.21. The van der Waals surface area contributed by atoms with Crippen molar-refractivity contribution in [2.75, 3.05) is 5.32 Å². The first-order valence-corrected chi connectivity index (χ1v) is 5.74. The Morgan fingerprint density at radius 2 is 2.00 bits per heavy atom. The summed E-state index contributed by atoms with van der Waals surface area (Å²) in [5.74, 6) is 0.672. The Labute approximate surface area is 104 Å². The van der Waals surface area contributed by atoms with Crippen LogP contribution in [0.15, 0.2) is 36.7 Å². The van der Waals surface area contributed by atoms with E-state index in [1.165, 1.54) is 6.33 Å². The van der Waals surface area contributed by atoms with Gasteiger partial charge in [0.25, 0.3) is 0 Å². The van der Waals surface area contributed by atoms with Crippen LogP contribution in [0.3, 0.4) is 0 Å². The molecule has 0 aliphatic heterocycles. The van der Waals surface area contributed by atoms with E-state index < -0.39 is 0 Å².